The second-order valence-electron chi connectivity index (χ2n) is 7.16. The molecule has 0 saturated carbocycles. The van der Waals surface area contributed by atoms with E-state index in [1.165, 1.54) is 0 Å². The zero-order valence-corrected chi connectivity index (χ0v) is 19.3. The van der Waals surface area contributed by atoms with Crippen LogP contribution in [0, 0.1) is 0 Å². The zero-order valence-electron chi connectivity index (χ0n) is 17.0. The van der Waals surface area contributed by atoms with E-state index >= 15 is 0 Å². The van der Waals surface area contributed by atoms with Crippen LogP contribution in [0.25, 0.3) is 11.3 Å². The van der Waals surface area contributed by atoms with Gasteiger partial charge in [0.05, 0.1) is 35.1 Å². The summed E-state index contributed by atoms with van der Waals surface area (Å²) in [6.07, 6.45) is 0. The van der Waals surface area contributed by atoms with Gasteiger partial charge in [0.25, 0.3) is 0 Å². The summed E-state index contributed by atoms with van der Waals surface area (Å²) >= 11 is 13.8. The number of methoxy groups -OCH3 is 1. The Hall–Kier alpha value is -2.32. The normalized spacial score (nSPS) is 14.5. The van der Waals surface area contributed by atoms with Crippen LogP contribution >= 0.6 is 34.5 Å². The molecule has 6 nitrogen and oxygen atoms in total. The van der Waals surface area contributed by atoms with Crippen LogP contribution < -0.4 is 15.0 Å². The Morgan fingerprint density at radius 1 is 1.16 bits per heavy atom. The molecule has 31 heavy (non-hydrogen) atoms. The third-order valence-corrected chi connectivity index (χ3v) is 6.81. The highest BCUT2D eigenvalue weighted by Gasteiger charge is 2.21. The van der Waals surface area contributed by atoms with Gasteiger partial charge >= 0.3 is 0 Å². The number of amides is 1. The van der Waals surface area contributed by atoms with Crippen LogP contribution in [0.2, 0.25) is 10.0 Å². The molecule has 0 aliphatic carbocycles. The second-order valence-corrected chi connectivity index (χ2v) is 8.78. The number of ether oxygens (including phenoxy) is 1. The number of nitrogens with zero attached hydrogens (tertiary/aromatic N) is 3. The molecule has 0 radical (unpaired) electrons. The quantitative estimate of drug-likeness (QED) is 0.548. The first-order chi connectivity index (χ1) is 15.0. The third kappa shape index (κ3) is 5.30. The fraction of sp³-hybridized carbons (Fsp3) is 0.273. The standard InChI is InChI=1S/C22H22Cl2N4O2S/c1-30-16-5-2-4-15(12-16)19-14-31-22(26-19)28-10-8-27(9-11-28)13-20(29)25-18-7-3-6-17(23)21(18)24/h2-7,12,14H,8-11,13H2,1H3,(H,25,29). The Morgan fingerprint density at radius 3 is 2.71 bits per heavy atom. The fourth-order valence-corrected chi connectivity index (χ4v) is 4.65. The minimum atomic E-state index is -0.104. The van der Waals surface area contributed by atoms with Crippen LogP contribution in [0.1, 0.15) is 0 Å². The van der Waals surface area contributed by atoms with Crippen molar-refractivity contribution in [3.63, 3.8) is 0 Å². The Bertz CT molecular complexity index is 1070. The lowest BCUT2D eigenvalue weighted by atomic mass is 10.2. The van der Waals surface area contributed by atoms with E-state index < -0.39 is 0 Å². The lowest BCUT2D eigenvalue weighted by Gasteiger charge is -2.34. The summed E-state index contributed by atoms with van der Waals surface area (Å²) in [7, 11) is 1.66. The summed E-state index contributed by atoms with van der Waals surface area (Å²) in [6.45, 7) is 3.51. The van der Waals surface area contributed by atoms with E-state index in [0.29, 0.717) is 22.3 Å². The third-order valence-electron chi connectivity index (χ3n) is 5.09. The first-order valence-electron chi connectivity index (χ1n) is 9.84. The van der Waals surface area contributed by atoms with Crippen molar-refractivity contribution in [2.45, 2.75) is 0 Å². The van der Waals surface area contributed by atoms with Crippen LogP contribution in [0.5, 0.6) is 5.75 Å². The van der Waals surface area contributed by atoms with Gasteiger partial charge in [-0.3, -0.25) is 9.69 Å². The molecule has 0 atom stereocenters. The first-order valence-corrected chi connectivity index (χ1v) is 11.5. The first kappa shape index (κ1) is 21.9. The van der Waals surface area contributed by atoms with Gasteiger partial charge in [0.15, 0.2) is 5.13 Å². The number of hydrogen-bond donors (Lipinski definition) is 1. The average Bonchev–Trinajstić information content (AvgIpc) is 3.28. The van der Waals surface area contributed by atoms with Crippen molar-refractivity contribution >= 4 is 51.3 Å². The molecule has 9 heteroatoms. The van der Waals surface area contributed by atoms with Crippen molar-refractivity contribution in [2.24, 2.45) is 0 Å². The van der Waals surface area contributed by atoms with Gasteiger partial charge in [-0.05, 0) is 24.3 Å². The number of benzene rings is 2. The lowest BCUT2D eigenvalue weighted by Crippen LogP contribution is -2.48. The molecule has 0 bridgehead atoms. The predicted molar refractivity (Wildman–Crippen MR) is 128 cm³/mol. The SMILES string of the molecule is COc1cccc(-c2csc(N3CCN(CC(=O)Nc4cccc(Cl)c4Cl)CC3)n2)c1. The number of hydrogen-bond acceptors (Lipinski definition) is 6. The summed E-state index contributed by atoms with van der Waals surface area (Å²) in [5, 5.41) is 6.68. The highest BCUT2D eigenvalue weighted by Crippen LogP contribution is 2.31. The zero-order chi connectivity index (χ0) is 21.8. The van der Waals surface area contributed by atoms with Gasteiger partial charge in [0, 0.05) is 37.1 Å². The Kier molecular flexibility index (Phi) is 6.97. The van der Waals surface area contributed by atoms with Crippen molar-refractivity contribution in [1.82, 2.24) is 9.88 Å². The van der Waals surface area contributed by atoms with Crippen LogP contribution in [-0.2, 0) is 4.79 Å². The Labute approximate surface area is 195 Å². The molecule has 3 aromatic rings. The molecule has 1 aromatic heterocycles. The summed E-state index contributed by atoms with van der Waals surface area (Å²) in [5.74, 6) is 0.713. The molecular formula is C22H22Cl2N4O2S. The van der Waals surface area contributed by atoms with Crippen molar-refractivity contribution in [1.29, 1.82) is 0 Å². The van der Waals surface area contributed by atoms with E-state index in [1.807, 2.05) is 24.3 Å². The van der Waals surface area contributed by atoms with Gasteiger partial charge in [-0.15, -0.1) is 11.3 Å². The Balaban J connectivity index is 1.31. The molecule has 0 unspecified atom stereocenters. The van der Waals surface area contributed by atoms with E-state index in [-0.39, 0.29) is 5.91 Å². The summed E-state index contributed by atoms with van der Waals surface area (Å²) in [4.78, 5) is 21.6. The van der Waals surface area contributed by atoms with Crippen molar-refractivity contribution in [2.75, 3.05) is 50.1 Å². The van der Waals surface area contributed by atoms with E-state index in [1.54, 1.807) is 36.6 Å². The van der Waals surface area contributed by atoms with Crippen molar-refractivity contribution < 1.29 is 9.53 Å². The molecule has 1 saturated heterocycles. The number of rotatable bonds is 6. The molecule has 1 fully saturated rings. The van der Waals surface area contributed by atoms with Crippen LogP contribution in [0.4, 0.5) is 10.8 Å². The van der Waals surface area contributed by atoms with Crippen LogP contribution in [-0.4, -0.2) is 55.6 Å². The minimum absolute atomic E-state index is 0.104. The molecule has 1 aliphatic rings. The topological polar surface area (TPSA) is 57.7 Å². The number of aromatic nitrogens is 1. The van der Waals surface area contributed by atoms with Gasteiger partial charge in [0.1, 0.15) is 5.75 Å². The molecule has 2 heterocycles. The van der Waals surface area contributed by atoms with Crippen LogP contribution in [0.15, 0.2) is 47.8 Å². The number of anilines is 2. The number of carbonyl (C=O) groups is 1. The molecule has 4 rings (SSSR count). The molecule has 1 aliphatic heterocycles. The van der Waals surface area contributed by atoms with Gasteiger partial charge in [-0.25, -0.2) is 4.98 Å². The van der Waals surface area contributed by atoms with Crippen LogP contribution in [0.3, 0.4) is 0 Å². The molecule has 1 amide bonds. The Morgan fingerprint density at radius 2 is 1.94 bits per heavy atom. The second kappa shape index (κ2) is 9.87. The molecule has 162 valence electrons. The fourth-order valence-electron chi connectivity index (χ4n) is 3.41. The van der Waals surface area contributed by atoms with E-state index in [2.05, 4.69) is 20.5 Å². The predicted octanol–water partition coefficient (Wildman–Crippen LogP) is 4.89. The van der Waals surface area contributed by atoms with Gasteiger partial charge in [-0.1, -0.05) is 41.4 Å². The summed E-state index contributed by atoms with van der Waals surface area (Å²) in [6, 6.07) is 13.1. The van der Waals surface area contributed by atoms with Crippen molar-refractivity contribution in [3.8, 4) is 17.0 Å². The average molecular weight is 477 g/mol. The molecule has 1 N–H and O–H groups in total. The van der Waals surface area contributed by atoms with Gasteiger partial charge < -0.3 is 15.0 Å². The maximum absolute atomic E-state index is 12.4. The monoisotopic (exact) mass is 476 g/mol. The smallest absolute Gasteiger partial charge is 0.238 e. The van der Waals surface area contributed by atoms with Gasteiger partial charge in [0.2, 0.25) is 5.91 Å². The molecule has 0 spiro atoms. The van der Waals surface area contributed by atoms with Crippen molar-refractivity contribution in [3.05, 3.63) is 57.9 Å². The minimum Gasteiger partial charge on any atom is -0.497 e. The number of thiazole rings is 1. The van der Waals surface area contributed by atoms with Gasteiger partial charge in [-0.2, -0.15) is 0 Å². The maximum Gasteiger partial charge on any atom is 0.238 e. The highest BCUT2D eigenvalue weighted by molar-refractivity contribution is 7.14. The molecular weight excluding hydrogens is 455 g/mol. The number of halogens is 2. The number of nitrogens with one attached hydrogen (secondary N) is 1. The molecule has 2 aromatic carbocycles. The van der Waals surface area contributed by atoms with E-state index in [4.69, 9.17) is 32.9 Å². The van der Waals surface area contributed by atoms with E-state index in [9.17, 15) is 4.79 Å². The summed E-state index contributed by atoms with van der Waals surface area (Å²) < 4.78 is 5.31. The lowest BCUT2D eigenvalue weighted by molar-refractivity contribution is -0.117. The summed E-state index contributed by atoms with van der Waals surface area (Å²) in [5.41, 5.74) is 2.52. The number of piperazine rings is 1. The number of carbonyl (C=O) groups excluding carboxylic acids is 1. The highest BCUT2D eigenvalue weighted by atomic mass is 35.5. The maximum atomic E-state index is 12.4. The van der Waals surface area contributed by atoms with E-state index in [0.717, 1.165) is 48.3 Å². The largest absolute Gasteiger partial charge is 0.497 e.